The molecular weight excluding hydrogens is 282 g/mol. The summed E-state index contributed by atoms with van der Waals surface area (Å²) >= 11 is 7.74. The molecule has 0 bridgehead atoms. The predicted octanol–water partition coefficient (Wildman–Crippen LogP) is 2.90. The minimum absolute atomic E-state index is 0.671. The van der Waals surface area contributed by atoms with Crippen LogP contribution in [0.5, 0.6) is 0 Å². The van der Waals surface area contributed by atoms with Gasteiger partial charge in [-0.1, -0.05) is 23.4 Å². The van der Waals surface area contributed by atoms with Crippen molar-refractivity contribution in [3.05, 3.63) is 28.7 Å². The number of hydrogen-bond acceptors (Lipinski definition) is 5. The Hall–Kier alpha value is -1.27. The van der Waals surface area contributed by atoms with E-state index in [1.807, 2.05) is 37.6 Å². The molecule has 0 fully saturated rings. The molecule has 0 aliphatic rings. The van der Waals surface area contributed by atoms with Gasteiger partial charge >= 0.3 is 0 Å². The lowest BCUT2D eigenvalue weighted by Gasteiger charge is -2.07. The van der Waals surface area contributed by atoms with Crippen LogP contribution < -0.4 is 5.32 Å². The van der Waals surface area contributed by atoms with Crippen LogP contribution in [0.3, 0.4) is 0 Å². The van der Waals surface area contributed by atoms with Gasteiger partial charge in [-0.05, 0) is 26.0 Å². The molecule has 0 aliphatic carbocycles. The van der Waals surface area contributed by atoms with Gasteiger partial charge in [0.2, 0.25) is 0 Å². The number of thioether (sulfide) groups is 1. The molecule has 2 aromatic rings. The van der Waals surface area contributed by atoms with Crippen molar-refractivity contribution in [2.75, 3.05) is 11.9 Å². The van der Waals surface area contributed by atoms with Crippen LogP contribution >= 0.6 is 23.4 Å². The zero-order valence-corrected chi connectivity index (χ0v) is 12.7. The van der Waals surface area contributed by atoms with Gasteiger partial charge in [0.05, 0.1) is 10.7 Å². The molecule has 2 aromatic heterocycles. The van der Waals surface area contributed by atoms with Crippen molar-refractivity contribution in [3.8, 4) is 0 Å². The molecule has 0 aromatic carbocycles. The third-order valence-corrected chi connectivity index (χ3v) is 4.04. The van der Waals surface area contributed by atoms with E-state index in [0.29, 0.717) is 10.8 Å². The average Bonchev–Trinajstić information content (AvgIpc) is 2.71. The van der Waals surface area contributed by atoms with Crippen LogP contribution in [0.15, 0.2) is 17.3 Å². The van der Waals surface area contributed by atoms with E-state index in [0.717, 1.165) is 29.0 Å². The molecule has 19 heavy (non-hydrogen) atoms. The first-order valence-corrected chi connectivity index (χ1v) is 7.36. The van der Waals surface area contributed by atoms with E-state index in [1.54, 1.807) is 11.8 Å². The summed E-state index contributed by atoms with van der Waals surface area (Å²) in [5.41, 5.74) is 0.853. The Balaban J connectivity index is 2.10. The van der Waals surface area contributed by atoms with E-state index in [9.17, 15) is 0 Å². The molecule has 2 rings (SSSR count). The van der Waals surface area contributed by atoms with Gasteiger partial charge in [0, 0.05) is 19.3 Å². The normalized spacial score (nSPS) is 10.7. The Bertz CT molecular complexity index is 569. The standard InChI is InChI=1S/C12H16ClN5S/c1-4-14-11-6-5-9(13)10(15-11)7-19-12-17-16-8(2)18(12)3/h5-6H,4,7H2,1-3H3,(H,14,15). The second-order valence-corrected chi connectivity index (χ2v) is 5.38. The molecule has 2 heterocycles. The highest BCUT2D eigenvalue weighted by atomic mass is 35.5. The first kappa shape index (κ1) is 14.1. The maximum absolute atomic E-state index is 6.16. The topological polar surface area (TPSA) is 55.6 Å². The van der Waals surface area contributed by atoms with Gasteiger partial charge in [-0.25, -0.2) is 4.98 Å². The third-order valence-electron chi connectivity index (χ3n) is 2.67. The SMILES string of the molecule is CCNc1ccc(Cl)c(CSc2nnc(C)n2C)n1. The molecule has 0 unspecified atom stereocenters. The van der Waals surface area contributed by atoms with Gasteiger partial charge in [0.15, 0.2) is 5.16 Å². The first-order chi connectivity index (χ1) is 9.11. The summed E-state index contributed by atoms with van der Waals surface area (Å²) < 4.78 is 1.95. The second kappa shape index (κ2) is 6.25. The predicted molar refractivity (Wildman–Crippen MR) is 78.7 cm³/mol. The fourth-order valence-corrected chi connectivity index (χ4v) is 2.67. The molecule has 0 saturated heterocycles. The van der Waals surface area contributed by atoms with Crippen LogP contribution in [0, 0.1) is 6.92 Å². The van der Waals surface area contributed by atoms with E-state index >= 15 is 0 Å². The Morgan fingerprint density at radius 2 is 2.16 bits per heavy atom. The summed E-state index contributed by atoms with van der Waals surface area (Å²) in [6.07, 6.45) is 0. The Labute approximate surface area is 121 Å². The van der Waals surface area contributed by atoms with E-state index in [1.165, 1.54) is 0 Å². The number of aryl methyl sites for hydroxylation is 1. The molecule has 0 saturated carbocycles. The van der Waals surface area contributed by atoms with E-state index in [4.69, 9.17) is 11.6 Å². The molecule has 0 atom stereocenters. The lowest BCUT2D eigenvalue weighted by Crippen LogP contribution is -2.01. The van der Waals surface area contributed by atoms with Crippen LogP contribution in [-0.4, -0.2) is 26.3 Å². The largest absolute Gasteiger partial charge is 0.370 e. The van der Waals surface area contributed by atoms with E-state index in [-0.39, 0.29) is 0 Å². The lowest BCUT2D eigenvalue weighted by molar-refractivity contribution is 0.765. The van der Waals surface area contributed by atoms with Gasteiger partial charge in [0.25, 0.3) is 0 Å². The quantitative estimate of drug-likeness (QED) is 0.860. The van der Waals surface area contributed by atoms with Crippen molar-refractivity contribution in [2.45, 2.75) is 24.8 Å². The van der Waals surface area contributed by atoms with Crippen LogP contribution in [0.1, 0.15) is 18.4 Å². The number of hydrogen-bond donors (Lipinski definition) is 1. The minimum Gasteiger partial charge on any atom is -0.370 e. The Morgan fingerprint density at radius 1 is 1.37 bits per heavy atom. The minimum atomic E-state index is 0.671. The zero-order chi connectivity index (χ0) is 13.8. The van der Waals surface area contributed by atoms with Crippen LogP contribution in [0.4, 0.5) is 5.82 Å². The maximum atomic E-state index is 6.16. The molecule has 0 aliphatic heterocycles. The van der Waals surface area contributed by atoms with Crippen LogP contribution in [0.2, 0.25) is 5.02 Å². The fraction of sp³-hybridized carbons (Fsp3) is 0.417. The number of halogens is 1. The number of rotatable bonds is 5. The highest BCUT2D eigenvalue weighted by molar-refractivity contribution is 7.98. The summed E-state index contributed by atoms with van der Waals surface area (Å²) in [4.78, 5) is 4.49. The van der Waals surface area contributed by atoms with Gasteiger partial charge in [0.1, 0.15) is 11.6 Å². The number of pyridine rings is 1. The Kier molecular flexibility index (Phi) is 4.66. The van der Waals surface area contributed by atoms with Gasteiger partial charge in [-0.3, -0.25) is 0 Å². The molecule has 1 N–H and O–H groups in total. The summed E-state index contributed by atoms with van der Waals surface area (Å²) in [6, 6.07) is 3.75. The summed E-state index contributed by atoms with van der Waals surface area (Å²) in [6.45, 7) is 4.80. The average molecular weight is 298 g/mol. The molecule has 102 valence electrons. The van der Waals surface area contributed by atoms with Crippen LogP contribution in [-0.2, 0) is 12.8 Å². The van der Waals surface area contributed by atoms with Crippen LogP contribution in [0.25, 0.3) is 0 Å². The van der Waals surface area contributed by atoms with Gasteiger partial charge in [-0.15, -0.1) is 10.2 Å². The number of nitrogens with one attached hydrogen (secondary N) is 1. The summed E-state index contributed by atoms with van der Waals surface area (Å²) in [7, 11) is 1.95. The molecule has 0 amide bonds. The summed E-state index contributed by atoms with van der Waals surface area (Å²) in [5, 5.41) is 12.8. The van der Waals surface area contributed by atoms with Crippen molar-refractivity contribution in [1.29, 1.82) is 0 Å². The lowest BCUT2D eigenvalue weighted by atomic mass is 10.3. The maximum Gasteiger partial charge on any atom is 0.191 e. The number of aromatic nitrogens is 4. The van der Waals surface area contributed by atoms with Gasteiger partial charge in [-0.2, -0.15) is 0 Å². The molecule has 0 radical (unpaired) electrons. The van der Waals surface area contributed by atoms with Crippen molar-refractivity contribution in [3.63, 3.8) is 0 Å². The molecule has 5 nitrogen and oxygen atoms in total. The highest BCUT2D eigenvalue weighted by Gasteiger charge is 2.09. The molecular formula is C12H16ClN5S. The van der Waals surface area contributed by atoms with Crippen molar-refractivity contribution in [2.24, 2.45) is 7.05 Å². The molecule has 0 spiro atoms. The fourth-order valence-electron chi connectivity index (χ4n) is 1.51. The third kappa shape index (κ3) is 3.39. The van der Waals surface area contributed by atoms with Crippen molar-refractivity contribution in [1.82, 2.24) is 19.7 Å². The second-order valence-electron chi connectivity index (χ2n) is 4.03. The number of anilines is 1. The van der Waals surface area contributed by atoms with Gasteiger partial charge < -0.3 is 9.88 Å². The van der Waals surface area contributed by atoms with Crippen molar-refractivity contribution < 1.29 is 0 Å². The number of nitrogens with zero attached hydrogens (tertiary/aromatic N) is 4. The van der Waals surface area contributed by atoms with E-state index < -0.39 is 0 Å². The molecule has 7 heteroatoms. The monoisotopic (exact) mass is 297 g/mol. The summed E-state index contributed by atoms with van der Waals surface area (Å²) in [5.74, 6) is 2.41. The Morgan fingerprint density at radius 3 is 2.79 bits per heavy atom. The highest BCUT2D eigenvalue weighted by Crippen LogP contribution is 2.25. The smallest absolute Gasteiger partial charge is 0.191 e. The first-order valence-electron chi connectivity index (χ1n) is 6.00. The zero-order valence-electron chi connectivity index (χ0n) is 11.1. The van der Waals surface area contributed by atoms with E-state index in [2.05, 4.69) is 20.5 Å². The van der Waals surface area contributed by atoms with Crippen molar-refractivity contribution >= 4 is 29.2 Å².